The van der Waals surface area contributed by atoms with Crippen molar-refractivity contribution in [1.29, 1.82) is 0 Å². The SMILES string of the molecule is CCNC(=NCc1ccc(OCCO)c(OC)c1)NCCCc1ccccc1.I. The lowest BCUT2D eigenvalue weighted by Crippen LogP contribution is -2.37. The topological polar surface area (TPSA) is 75.1 Å². The van der Waals surface area contributed by atoms with Gasteiger partial charge in [-0.2, -0.15) is 0 Å². The zero-order chi connectivity index (χ0) is 20.0. The van der Waals surface area contributed by atoms with Crippen LogP contribution in [0.15, 0.2) is 53.5 Å². The van der Waals surface area contributed by atoms with E-state index in [4.69, 9.17) is 14.6 Å². The van der Waals surface area contributed by atoms with Gasteiger partial charge in [-0.1, -0.05) is 36.4 Å². The van der Waals surface area contributed by atoms with E-state index in [0.717, 1.165) is 37.5 Å². The molecule has 0 unspecified atom stereocenters. The van der Waals surface area contributed by atoms with E-state index in [2.05, 4.69) is 46.8 Å². The van der Waals surface area contributed by atoms with Crippen LogP contribution in [-0.4, -0.2) is 44.5 Å². The van der Waals surface area contributed by atoms with Crippen molar-refractivity contribution in [2.24, 2.45) is 4.99 Å². The summed E-state index contributed by atoms with van der Waals surface area (Å²) in [5.74, 6) is 2.06. The molecule has 2 aromatic rings. The zero-order valence-corrected chi connectivity index (χ0v) is 19.5. The van der Waals surface area contributed by atoms with Crippen molar-refractivity contribution in [3.8, 4) is 11.5 Å². The smallest absolute Gasteiger partial charge is 0.191 e. The highest BCUT2D eigenvalue weighted by Gasteiger charge is 2.06. The lowest BCUT2D eigenvalue weighted by molar-refractivity contribution is 0.196. The van der Waals surface area contributed by atoms with E-state index in [1.54, 1.807) is 7.11 Å². The summed E-state index contributed by atoms with van der Waals surface area (Å²) in [6, 6.07) is 16.2. The maximum atomic E-state index is 8.90. The fourth-order valence-corrected chi connectivity index (χ4v) is 2.74. The molecule has 0 amide bonds. The molecule has 7 heteroatoms. The number of hydrogen-bond acceptors (Lipinski definition) is 4. The van der Waals surface area contributed by atoms with Crippen LogP contribution < -0.4 is 20.1 Å². The van der Waals surface area contributed by atoms with E-state index in [1.807, 2.05) is 24.3 Å². The number of aliphatic hydroxyl groups excluding tert-OH is 1. The standard InChI is InChI=1S/C22H31N3O3.HI/c1-3-23-22(24-13-7-10-18-8-5-4-6-9-18)25-17-19-11-12-20(28-15-14-26)21(16-19)27-2;/h4-6,8-9,11-12,16,26H,3,7,10,13-15,17H2,1-2H3,(H2,23,24,25);1H. The van der Waals surface area contributed by atoms with Crippen LogP contribution in [0.5, 0.6) is 11.5 Å². The molecule has 0 spiro atoms. The van der Waals surface area contributed by atoms with E-state index in [9.17, 15) is 0 Å². The highest BCUT2D eigenvalue weighted by atomic mass is 127. The Morgan fingerprint density at radius 1 is 1.03 bits per heavy atom. The highest BCUT2D eigenvalue weighted by molar-refractivity contribution is 14.0. The number of methoxy groups -OCH3 is 1. The van der Waals surface area contributed by atoms with Gasteiger partial charge in [-0.25, -0.2) is 4.99 Å². The summed E-state index contributed by atoms with van der Waals surface area (Å²) >= 11 is 0. The summed E-state index contributed by atoms with van der Waals surface area (Å²) in [6.07, 6.45) is 2.08. The molecule has 0 heterocycles. The Morgan fingerprint density at radius 3 is 2.52 bits per heavy atom. The van der Waals surface area contributed by atoms with Gasteiger partial charge in [0.05, 0.1) is 20.3 Å². The van der Waals surface area contributed by atoms with Crippen molar-refractivity contribution < 1.29 is 14.6 Å². The van der Waals surface area contributed by atoms with Crippen LogP contribution in [0.2, 0.25) is 0 Å². The first-order valence-corrected chi connectivity index (χ1v) is 9.73. The first kappa shape index (κ1) is 25.0. The van der Waals surface area contributed by atoms with Gasteiger partial charge in [0.25, 0.3) is 0 Å². The van der Waals surface area contributed by atoms with Crippen LogP contribution in [0, 0.1) is 0 Å². The van der Waals surface area contributed by atoms with Crippen molar-refractivity contribution in [2.75, 3.05) is 33.4 Å². The average molecular weight is 513 g/mol. The number of rotatable bonds is 11. The molecule has 0 atom stereocenters. The minimum Gasteiger partial charge on any atom is -0.493 e. The van der Waals surface area contributed by atoms with Crippen molar-refractivity contribution in [2.45, 2.75) is 26.3 Å². The van der Waals surface area contributed by atoms with E-state index in [-0.39, 0.29) is 37.2 Å². The largest absolute Gasteiger partial charge is 0.493 e. The predicted octanol–water partition coefficient (Wildman–Crippen LogP) is 3.37. The maximum absolute atomic E-state index is 8.90. The molecule has 6 nitrogen and oxygen atoms in total. The monoisotopic (exact) mass is 513 g/mol. The second kappa shape index (κ2) is 14.9. The van der Waals surface area contributed by atoms with Gasteiger partial charge in [-0.3, -0.25) is 0 Å². The summed E-state index contributed by atoms with van der Waals surface area (Å²) in [5, 5.41) is 15.6. The summed E-state index contributed by atoms with van der Waals surface area (Å²) in [4.78, 5) is 4.65. The van der Waals surface area contributed by atoms with Gasteiger partial charge in [0.1, 0.15) is 6.61 Å². The van der Waals surface area contributed by atoms with Crippen LogP contribution in [0.3, 0.4) is 0 Å². The number of nitrogens with zero attached hydrogens (tertiary/aromatic N) is 1. The van der Waals surface area contributed by atoms with Gasteiger partial charge < -0.3 is 25.2 Å². The zero-order valence-electron chi connectivity index (χ0n) is 17.2. The number of nitrogens with one attached hydrogen (secondary N) is 2. The van der Waals surface area contributed by atoms with Crippen LogP contribution >= 0.6 is 24.0 Å². The first-order valence-electron chi connectivity index (χ1n) is 9.73. The molecule has 29 heavy (non-hydrogen) atoms. The van der Waals surface area contributed by atoms with Gasteiger partial charge in [0, 0.05) is 13.1 Å². The van der Waals surface area contributed by atoms with Crippen LogP contribution in [-0.2, 0) is 13.0 Å². The molecule has 0 fully saturated rings. The molecule has 0 aliphatic heterocycles. The number of guanidine groups is 1. The molecule has 2 aromatic carbocycles. The summed E-state index contributed by atoms with van der Waals surface area (Å²) in [7, 11) is 1.60. The second-order valence-corrected chi connectivity index (χ2v) is 6.27. The number of aliphatic hydroxyl groups is 1. The van der Waals surface area contributed by atoms with Gasteiger partial charge in [0.2, 0.25) is 0 Å². The van der Waals surface area contributed by atoms with Gasteiger partial charge >= 0.3 is 0 Å². The van der Waals surface area contributed by atoms with Crippen molar-refractivity contribution >= 4 is 29.9 Å². The molecule has 2 rings (SSSR count). The van der Waals surface area contributed by atoms with E-state index >= 15 is 0 Å². The molecule has 0 aliphatic carbocycles. The van der Waals surface area contributed by atoms with Crippen LogP contribution in [0.25, 0.3) is 0 Å². The minimum atomic E-state index is -0.0306. The second-order valence-electron chi connectivity index (χ2n) is 6.27. The first-order chi connectivity index (χ1) is 13.8. The Labute approximate surface area is 190 Å². The Kier molecular flexibility index (Phi) is 12.9. The molecule has 0 saturated heterocycles. The lowest BCUT2D eigenvalue weighted by Gasteiger charge is -2.13. The number of hydrogen-bond donors (Lipinski definition) is 3. The molecule has 0 aromatic heterocycles. The van der Waals surface area contributed by atoms with E-state index in [1.165, 1.54) is 5.56 Å². The molecular formula is C22H32IN3O3. The van der Waals surface area contributed by atoms with Crippen LogP contribution in [0.4, 0.5) is 0 Å². The molecule has 0 saturated carbocycles. The summed E-state index contributed by atoms with van der Waals surface area (Å²) in [6.45, 7) is 4.46. The van der Waals surface area contributed by atoms with Crippen molar-refractivity contribution in [3.63, 3.8) is 0 Å². The number of halogens is 1. The highest BCUT2D eigenvalue weighted by Crippen LogP contribution is 2.28. The summed E-state index contributed by atoms with van der Waals surface area (Å²) < 4.78 is 10.8. The minimum absolute atomic E-state index is 0. The summed E-state index contributed by atoms with van der Waals surface area (Å²) in [5.41, 5.74) is 2.37. The Balaban J connectivity index is 0.00000420. The van der Waals surface area contributed by atoms with Crippen molar-refractivity contribution in [3.05, 3.63) is 59.7 Å². The van der Waals surface area contributed by atoms with Gasteiger partial charge in [-0.15, -0.1) is 24.0 Å². The normalized spacial score (nSPS) is 10.8. The molecule has 3 N–H and O–H groups in total. The number of ether oxygens (including phenoxy) is 2. The molecule has 160 valence electrons. The van der Waals surface area contributed by atoms with E-state index < -0.39 is 0 Å². The Bertz CT molecular complexity index is 726. The molecule has 0 aliphatic rings. The van der Waals surface area contributed by atoms with Crippen LogP contribution in [0.1, 0.15) is 24.5 Å². The Hall–Kier alpha value is -2.00. The van der Waals surface area contributed by atoms with Crippen molar-refractivity contribution in [1.82, 2.24) is 10.6 Å². The third-order valence-corrected chi connectivity index (χ3v) is 4.12. The number of aliphatic imine (C=N–C) groups is 1. The maximum Gasteiger partial charge on any atom is 0.191 e. The number of aryl methyl sites for hydroxylation is 1. The average Bonchev–Trinajstić information content (AvgIpc) is 2.74. The Morgan fingerprint density at radius 2 is 1.83 bits per heavy atom. The van der Waals surface area contributed by atoms with Gasteiger partial charge in [0.15, 0.2) is 17.5 Å². The predicted molar refractivity (Wildman–Crippen MR) is 129 cm³/mol. The molecular weight excluding hydrogens is 481 g/mol. The van der Waals surface area contributed by atoms with Gasteiger partial charge in [-0.05, 0) is 43.0 Å². The van der Waals surface area contributed by atoms with E-state index in [0.29, 0.717) is 18.0 Å². The molecule has 0 radical (unpaired) electrons. The number of benzene rings is 2. The fourth-order valence-electron chi connectivity index (χ4n) is 2.74. The third-order valence-electron chi connectivity index (χ3n) is 4.12. The molecule has 0 bridgehead atoms. The fraction of sp³-hybridized carbons (Fsp3) is 0.409. The third kappa shape index (κ3) is 9.36. The quantitative estimate of drug-likeness (QED) is 0.186. The lowest BCUT2D eigenvalue weighted by atomic mass is 10.1.